The molecule has 0 amide bonds. The number of halogens is 1. The van der Waals surface area contributed by atoms with Crippen LogP contribution in [0.2, 0.25) is 0 Å². The highest BCUT2D eigenvalue weighted by molar-refractivity contribution is 7.92. The third-order valence-electron chi connectivity index (χ3n) is 3.54. The number of hydrogen-bond donors (Lipinski definition) is 0. The lowest BCUT2D eigenvalue weighted by molar-refractivity contribution is -0.384. The summed E-state index contributed by atoms with van der Waals surface area (Å²) in [6.07, 6.45) is 0. The number of carbonyl (C=O) groups is 1. The molecule has 0 aliphatic carbocycles. The van der Waals surface area contributed by atoms with Gasteiger partial charge in [-0.1, -0.05) is 6.07 Å². The second-order valence-corrected chi connectivity index (χ2v) is 7.02. The summed E-state index contributed by atoms with van der Waals surface area (Å²) in [6, 6.07) is 7.63. The van der Waals surface area contributed by atoms with Crippen LogP contribution in [0.3, 0.4) is 0 Å². The van der Waals surface area contributed by atoms with Gasteiger partial charge >= 0.3 is 5.97 Å². The van der Waals surface area contributed by atoms with Gasteiger partial charge in [0.1, 0.15) is 6.54 Å². The van der Waals surface area contributed by atoms with Crippen molar-refractivity contribution in [3.8, 4) is 5.75 Å². The fourth-order valence-electron chi connectivity index (χ4n) is 2.19. The van der Waals surface area contributed by atoms with E-state index >= 15 is 0 Å². The topological polar surface area (TPSA) is 116 Å². The molecule has 0 aliphatic rings. The van der Waals surface area contributed by atoms with Crippen molar-refractivity contribution in [1.82, 2.24) is 0 Å². The van der Waals surface area contributed by atoms with Gasteiger partial charge in [-0.25, -0.2) is 12.8 Å². The molecule has 0 spiro atoms. The molecule has 0 aromatic heterocycles. The van der Waals surface area contributed by atoms with Crippen molar-refractivity contribution in [2.24, 2.45) is 0 Å². The molecular weight excluding hydrogens is 383 g/mol. The molecule has 11 heteroatoms. The lowest BCUT2D eigenvalue weighted by Gasteiger charge is -2.23. The fraction of sp³-hybridized carbons (Fsp3) is 0.188. The van der Waals surface area contributed by atoms with E-state index in [2.05, 4.69) is 4.74 Å². The Morgan fingerprint density at radius 1 is 1.22 bits per heavy atom. The zero-order chi connectivity index (χ0) is 20.2. The van der Waals surface area contributed by atoms with E-state index in [1.54, 1.807) is 0 Å². The highest BCUT2D eigenvalue weighted by atomic mass is 32.2. The van der Waals surface area contributed by atoms with Crippen LogP contribution in [0, 0.1) is 15.9 Å². The number of hydrogen-bond acceptors (Lipinski definition) is 7. The van der Waals surface area contributed by atoms with Crippen LogP contribution in [-0.2, 0) is 19.6 Å². The Bertz CT molecular complexity index is 978. The van der Waals surface area contributed by atoms with Crippen molar-refractivity contribution in [2.75, 3.05) is 25.1 Å². The second-order valence-electron chi connectivity index (χ2n) is 5.16. The van der Waals surface area contributed by atoms with E-state index in [-0.39, 0.29) is 17.1 Å². The van der Waals surface area contributed by atoms with Crippen LogP contribution in [0.25, 0.3) is 0 Å². The molecule has 9 nitrogen and oxygen atoms in total. The highest BCUT2D eigenvalue weighted by Crippen LogP contribution is 2.29. The van der Waals surface area contributed by atoms with Crippen LogP contribution in [-0.4, -0.2) is 40.1 Å². The van der Waals surface area contributed by atoms with Gasteiger partial charge in [-0.3, -0.25) is 19.2 Å². The third kappa shape index (κ3) is 4.31. The maximum absolute atomic E-state index is 14.0. The van der Waals surface area contributed by atoms with E-state index in [1.807, 2.05) is 0 Å². The molecule has 2 aromatic carbocycles. The number of sulfonamides is 1. The first-order valence-electron chi connectivity index (χ1n) is 7.38. The number of benzene rings is 2. The summed E-state index contributed by atoms with van der Waals surface area (Å²) in [6.45, 7) is -0.756. The molecule has 144 valence electrons. The molecule has 2 rings (SSSR count). The van der Waals surface area contributed by atoms with Gasteiger partial charge < -0.3 is 9.47 Å². The minimum Gasteiger partial charge on any atom is -0.494 e. The molecule has 0 saturated carbocycles. The number of esters is 1. The predicted molar refractivity (Wildman–Crippen MR) is 92.6 cm³/mol. The molecule has 0 heterocycles. The number of anilines is 1. The number of non-ortho nitro benzene ring substituents is 1. The first kappa shape index (κ1) is 20.1. The lowest BCUT2D eigenvalue weighted by Crippen LogP contribution is -2.36. The van der Waals surface area contributed by atoms with Crippen molar-refractivity contribution in [2.45, 2.75) is 4.90 Å². The van der Waals surface area contributed by atoms with E-state index in [1.165, 1.54) is 25.3 Å². The molecule has 0 unspecified atom stereocenters. The third-order valence-corrected chi connectivity index (χ3v) is 5.31. The van der Waals surface area contributed by atoms with E-state index in [9.17, 15) is 27.7 Å². The van der Waals surface area contributed by atoms with Crippen LogP contribution >= 0.6 is 0 Å². The van der Waals surface area contributed by atoms with E-state index in [4.69, 9.17) is 4.74 Å². The molecule has 0 N–H and O–H groups in total. The van der Waals surface area contributed by atoms with Crippen molar-refractivity contribution in [1.29, 1.82) is 0 Å². The molecule has 0 radical (unpaired) electrons. The standard InChI is InChI=1S/C16H15FN2O7S/c1-25-15-7-6-13(9-14(15)17)27(23,24)18(10-16(20)26-2)11-4-3-5-12(8-11)19(21)22/h3-9H,10H2,1-2H3. The molecular formula is C16H15FN2O7S. The summed E-state index contributed by atoms with van der Waals surface area (Å²) in [5, 5.41) is 11.0. The number of rotatable bonds is 7. The minimum atomic E-state index is -4.43. The van der Waals surface area contributed by atoms with Gasteiger partial charge in [0, 0.05) is 12.1 Å². The number of nitrogens with zero attached hydrogens (tertiary/aromatic N) is 2. The first-order chi connectivity index (χ1) is 12.7. The summed E-state index contributed by atoms with van der Waals surface area (Å²) in [7, 11) is -2.15. The Balaban J connectivity index is 2.59. The fourth-order valence-corrected chi connectivity index (χ4v) is 3.61. The smallest absolute Gasteiger partial charge is 0.326 e. The molecule has 27 heavy (non-hydrogen) atoms. The molecule has 0 aliphatic heterocycles. The van der Waals surface area contributed by atoms with Crippen molar-refractivity contribution < 1.29 is 32.0 Å². The average molecular weight is 398 g/mol. The minimum absolute atomic E-state index is 0.147. The Morgan fingerprint density at radius 2 is 1.93 bits per heavy atom. The predicted octanol–water partition coefficient (Wildman–Crippen LogP) is 2.11. The zero-order valence-electron chi connectivity index (χ0n) is 14.3. The van der Waals surface area contributed by atoms with Crippen LogP contribution in [0.1, 0.15) is 0 Å². The van der Waals surface area contributed by atoms with Gasteiger partial charge in [0.05, 0.1) is 29.7 Å². The second kappa shape index (κ2) is 7.99. The Labute approximate surface area is 154 Å². The normalized spacial score (nSPS) is 10.9. The maximum atomic E-state index is 14.0. The van der Waals surface area contributed by atoms with Gasteiger partial charge in [-0.15, -0.1) is 0 Å². The van der Waals surface area contributed by atoms with Gasteiger partial charge in [-0.05, 0) is 24.3 Å². The number of methoxy groups -OCH3 is 2. The van der Waals surface area contributed by atoms with Crippen molar-refractivity contribution >= 4 is 27.4 Å². The van der Waals surface area contributed by atoms with Crippen molar-refractivity contribution in [3.05, 3.63) is 58.4 Å². The van der Waals surface area contributed by atoms with E-state index < -0.39 is 38.2 Å². The summed E-state index contributed by atoms with van der Waals surface area (Å²) >= 11 is 0. The van der Waals surface area contributed by atoms with Crippen LogP contribution < -0.4 is 9.04 Å². The SMILES string of the molecule is COC(=O)CN(c1cccc([N+](=O)[O-])c1)S(=O)(=O)c1ccc(OC)c(F)c1. The Morgan fingerprint density at radius 3 is 2.48 bits per heavy atom. The van der Waals surface area contributed by atoms with Crippen LogP contribution in [0.15, 0.2) is 47.4 Å². The van der Waals surface area contributed by atoms with Crippen molar-refractivity contribution in [3.63, 3.8) is 0 Å². The van der Waals surface area contributed by atoms with Gasteiger partial charge in [0.2, 0.25) is 0 Å². The summed E-state index contributed by atoms with van der Waals surface area (Å²) < 4.78 is 49.7. The Hall–Kier alpha value is -3.21. The number of carbonyl (C=O) groups excluding carboxylic acids is 1. The monoisotopic (exact) mass is 398 g/mol. The summed E-state index contributed by atoms with van der Waals surface area (Å²) in [5.41, 5.74) is -0.524. The van der Waals surface area contributed by atoms with Gasteiger partial charge in [0.15, 0.2) is 11.6 Å². The van der Waals surface area contributed by atoms with E-state index in [0.717, 1.165) is 31.4 Å². The van der Waals surface area contributed by atoms with E-state index in [0.29, 0.717) is 4.31 Å². The average Bonchev–Trinajstić information content (AvgIpc) is 2.65. The van der Waals surface area contributed by atoms with Gasteiger partial charge in [0.25, 0.3) is 15.7 Å². The quantitative estimate of drug-likeness (QED) is 0.398. The molecule has 0 saturated heterocycles. The largest absolute Gasteiger partial charge is 0.494 e. The summed E-state index contributed by atoms with van der Waals surface area (Å²) in [4.78, 5) is 21.5. The van der Waals surface area contributed by atoms with Gasteiger partial charge in [-0.2, -0.15) is 0 Å². The molecule has 0 fully saturated rings. The maximum Gasteiger partial charge on any atom is 0.326 e. The number of ether oxygens (including phenoxy) is 2. The zero-order valence-corrected chi connectivity index (χ0v) is 15.1. The van der Waals surface area contributed by atoms with Crippen LogP contribution in [0.5, 0.6) is 5.75 Å². The number of nitro groups is 1. The molecule has 0 bridgehead atoms. The Kier molecular flexibility index (Phi) is 5.95. The number of nitro benzene ring substituents is 1. The first-order valence-corrected chi connectivity index (χ1v) is 8.82. The molecule has 0 atom stereocenters. The van der Waals surface area contributed by atoms with Crippen LogP contribution in [0.4, 0.5) is 15.8 Å². The molecule has 2 aromatic rings. The summed E-state index contributed by atoms with van der Waals surface area (Å²) in [5.74, 6) is -1.99. The lowest BCUT2D eigenvalue weighted by atomic mass is 10.3. The highest BCUT2D eigenvalue weighted by Gasteiger charge is 2.29.